The number of carboxylic acids is 2. The summed E-state index contributed by atoms with van der Waals surface area (Å²) in [4.78, 5) is 21.6. The molecule has 0 fully saturated rings. The first-order chi connectivity index (χ1) is 11.7. The van der Waals surface area contributed by atoms with E-state index in [1.165, 1.54) is 0 Å². The number of rotatable bonds is 7. The van der Waals surface area contributed by atoms with Crippen molar-refractivity contribution in [1.82, 2.24) is 4.72 Å². The fourth-order valence-electron chi connectivity index (χ4n) is 2.11. The Labute approximate surface area is 148 Å². The minimum absolute atomic E-state index is 0.153. The lowest BCUT2D eigenvalue weighted by Crippen LogP contribution is -2.49. The lowest BCUT2D eigenvalue weighted by molar-refractivity contribution is -0.308. The molecule has 0 bridgehead atoms. The van der Waals surface area contributed by atoms with E-state index in [9.17, 15) is 28.2 Å². The van der Waals surface area contributed by atoms with Crippen LogP contribution in [0.3, 0.4) is 0 Å². The van der Waals surface area contributed by atoms with Crippen LogP contribution in [-0.4, -0.2) is 26.4 Å². The molecular weight excluding hydrogens is 370 g/mol. The summed E-state index contributed by atoms with van der Waals surface area (Å²) in [7, 11) is -4.41. The van der Waals surface area contributed by atoms with E-state index in [4.69, 9.17) is 11.6 Å². The van der Waals surface area contributed by atoms with Crippen molar-refractivity contribution in [1.29, 1.82) is 0 Å². The molecule has 2 aromatic carbocycles. The van der Waals surface area contributed by atoms with Crippen LogP contribution in [0.1, 0.15) is 15.9 Å². The highest BCUT2D eigenvalue weighted by atomic mass is 35.5. The van der Waals surface area contributed by atoms with Gasteiger partial charge in [-0.2, -0.15) is 0 Å². The molecule has 2 rings (SSSR count). The third kappa shape index (κ3) is 4.79. The quantitative estimate of drug-likeness (QED) is 0.678. The minimum Gasteiger partial charge on any atom is -0.548 e. The second-order valence-corrected chi connectivity index (χ2v) is 7.20. The van der Waals surface area contributed by atoms with Crippen molar-refractivity contribution in [2.45, 2.75) is 17.4 Å². The molecule has 1 atom stereocenters. The van der Waals surface area contributed by atoms with Gasteiger partial charge in [0.25, 0.3) is 0 Å². The number of nitrogens with one attached hydrogen (secondary N) is 1. The lowest BCUT2D eigenvalue weighted by atomic mass is 10.1. The van der Waals surface area contributed by atoms with Gasteiger partial charge in [-0.05, 0) is 29.7 Å². The van der Waals surface area contributed by atoms with Crippen LogP contribution in [0.25, 0.3) is 0 Å². The predicted octanol–water partition coefficient (Wildman–Crippen LogP) is -0.657. The Morgan fingerprint density at radius 2 is 1.72 bits per heavy atom. The molecule has 0 aromatic heterocycles. The van der Waals surface area contributed by atoms with Gasteiger partial charge in [0.05, 0.1) is 23.0 Å². The fraction of sp³-hybridized carbons (Fsp3) is 0.125. The van der Waals surface area contributed by atoms with E-state index in [1.807, 2.05) is 4.72 Å². The van der Waals surface area contributed by atoms with E-state index in [0.29, 0.717) is 5.56 Å². The molecule has 0 unspecified atom stereocenters. The van der Waals surface area contributed by atoms with Crippen molar-refractivity contribution in [3.8, 4) is 0 Å². The van der Waals surface area contributed by atoms with Crippen molar-refractivity contribution in [3.05, 3.63) is 64.7 Å². The average Bonchev–Trinajstić information content (AvgIpc) is 2.55. The van der Waals surface area contributed by atoms with Crippen LogP contribution in [0.15, 0.2) is 53.4 Å². The minimum atomic E-state index is -4.41. The molecule has 0 radical (unpaired) electrons. The van der Waals surface area contributed by atoms with Crippen molar-refractivity contribution in [3.63, 3.8) is 0 Å². The molecule has 2 aromatic rings. The molecular formula is C16H12ClNO6S-2. The predicted molar refractivity (Wildman–Crippen MR) is 85.0 cm³/mol. The van der Waals surface area contributed by atoms with E-state index < -0.39 is 38.5 Å². The molecule has 7 nitrogen and oxygen atoms in total. The van der Waals surface area contributed by atoms with E-state index in [1.54, 1.807) is 30.3 Å². The molecule has 0 aliphatic rings. The van der Waals surface area contributed by atoms with Crippen LogP contribution in [0.4, 0.5) is 0 Å². The largest absolute Gasteiger partial charge is 0.548 e. The molecule has 1 N–H and O–H groups in total. The van der Waals surface area contributed by atoms with E-state index >= 15 is 0 Å². The van der Waals surface area contributed by atoms with Gasteiger partial charge >= 0.3 is 0 Å². The molecule has 0 amide bonds. The summed E-state index contributed by atoms with van der Waals surface area (Å²) in [5.41, 5.74) is 0.173. The maximum Gasteiger partial charge on any atom is 0.242 e. The summed E-state index contributed by atoms with van der Waals surface area (Å²) in [5.74, 6) is -3.21. The Bertz CT molecular complexity index is 898. The molecule has 0 saturated heterocycles. The second kappa shape index (κ2) is 7.64. The topological polar surface area (TPSA) is 126 Å². The summed E-state index contributed by atoms with van der Waals surface area (Å²) >= 11 is 5.81. The molecule has 0 saturated carbocycles. The Hall–Kier alpha value is -2.42. The van der Waals surface area contributed by atoms with Gasteiger partial charge in [-0.3, -0.25) is 0 Å². The Morgan fingerprint density at radius 1 is 1.08 bits per heavy atom. The molecule has 132 valence electrons. The van der Waals surface area contributed by atoms with E-state index in [0.717, 1.165) is 18.2 Å². The van der Waals surface area contributed by atoms with Crippen molar-refractivity contribution in [2.75, 3.05) is 0 Å². The normalized spacial score (nSPS) is 12.5. The maximum atomic E-state index is 12.4. The van der Waals surface area contributed by atoms with Gasteiger partial charge in [-0.25, -0.2) is 13.1 Å². The monoisotopic (exact) mass is 381 g/mol. The highest BCUT2D eigenvalue weighted by Gasteiger charge is 2.24. The van der Waals surface area contributed by atoms with Gasteiger partial charge in [0.1, 0.15) is 4.90 Å². The molecule has 0 heterocycles. The van der Waals surface area contributed by atoms with Crippen LogP contribution in [0.2, 0.25) is 5.02 Å². The van der Waals surface area contributed by atoms with Gasteiger partial charge in [-0.15, -0.1) is 0 Å². The van der Waals surface area contributed by atoms with Crippen molar-refractivity contribution < 1.29 is 28.2 Å². The average molecular weight is 382 g/mol. The fourth-order valence-corrected chi connectivity index (χ4v) is 3.82. The van der Waals surface area contributed by atoms with E-state index in [2.05, 4.69) is 0 Å². The maximum absolute atomic E-state index is 12.4. The number of sulfonamides is 1. The number of aliphatic carboxylic acids is 1. The number of carbonyl (C=O) groups is 2. The molecule has 25 heavy (non-hydrogen) atoms. The zero-order chi connectivity index (χ0) is 18.6. The van der Waals surface area contributed by atoms with Gasteiger partial charge < -0.3 is 19.8 Å². The summed E-state index contributed by atoms with van der Waals surface area (Å²) in [6, 6.07) is 9.75. The molecule has 0 spiro atoms. The van der Waals surface area contributed by atoms with Crippen LogP contribution in [0, 0.1) is 0 Å². The van der Waals surface area contributed by atoms with Crippen LogP contribution < -0.4 is 14.9 Å². The zero-order valence-corrected chi connectivity index (χ0v) is 14.2. The van der Waals surface area contributed by atoms with Crippen molar-refractivity contribution in [2.24, 2.45) is 0 Å². The van der Waals surface area contributed by atoms with Crippen LogP contribution in [0.5, 0.6) is 0 Å². The standard InChI is InChI=1S/C16H14ClNO6S/c17-12-7-6-11(15(19)20)9-14(12)25(23,24)18-13(16(21)22)8-10-4-2-1-3-5-10/h1-7,9,13,18H,8H2,(H,19,20)(H,21,22)/p-2/t13-/m1/s1. The first-order valence-corrected chi connectivity index (χ1v) is 8.85. The molecule has 9 heteroatoms. The van der Waals surface area contributed by atoms with Crippen LogP contribution in [-0.2, 0) is 21.2 Å². The number of halogens is 1. The summed E-state index contributed by atoms with van der Waals surface area (Å²) in [6.07, 6.45) is -0.153. The van der Waals surface area contributed by atoms with Gasteiger partial charge in [0.15, 0.2) is 0 Å². The highest BCUT2D eigenvalue weighted by Crippen LogP contribution is 2.23. The third-order valence-electron chi connectivity index (χ3n) is 3.32. The zero-order valence-electron chi connectivity index (χ0n) is 12.6. The first-order valence-electron chi connectivity index (χ1n) is 6.98. The number of carbonyl (C=O) groups excluding carboxylic acids is 2. The molecule has 0 aliphatic heterocycles. The lowest BCUT2D eigenvalue weighted by Gasteiger charge is -2.20. The van der Waals surface area contributed by atoms with Crippen molar-refractivity contribution >= 4 is 33.6 Å². The van der Waals surface area contributed by atoms with Gasteiger partial charge in [0, 0.05) is 0 Å². The van der Waals surface area contributed by atoms with Crippen LogP contribution >= 0.6 is 11.6 Å². The summed E-state index contributed by atoms with van der Waals surface area (Å²) in [5, 5.41) is 21.9. The van der Waals surface area contributed by atoms with Gasteiger partial charge in [0.2, 0.25) is 10.0 Å². The third-order valence-corrected chi connectivity index (χ3v) is 5.27. The molecule has 0 aliphatic carbocycles. The number of benzene rings is 2. The van der Waals surface area contributed by atoms with E-state index in [-0.39, 0.29) is 11.4 Å². The number of carboxylic acid groups (broad SMARTS) is 2. The summed E-state index contributed by atoms with van der Waals surface area (Å²) < 4.78 is 26.8. The Balaban J connectivity index is 2.33. The number of hydrogen-bond donors (Lipinski definition) is 1. The Kier molecular flexibility index (Phi) is 5.78. The first kappa shape index (κ1) is 18.9. The second-order valence-electron chi connectivity index (χ2n) is 5.12. The summed E-state index contributed by atoms with van der Waals surface area (Å²) in [6.45, 7) is 0. The Morgan fingerprint density at radius 3 is 2.28 bits per heavy atom. The SMILES string of the molecule is O=C([O-])c1ccc(Cl)c(S(=O)(=O)N[C@H](Cc2ccccc2)C(=O)[O-])c1. The number of hydrogen-bond acceptors (Lipinski definition) is 6. The number of aromatic carboxylic acids is 1. The van der Waals surface area contributed by atoms with Gasteiger partial charge in [-0.1, -0.05) is 48.0 Å². The highest BCUT2D eigenvalue weighted by molar-refractivity contribution is 7.89. The smallest absolute Gasteiger partial charge is 0.242 e.